The number of rotatable bonds is 2. The molecule has 0 fully saturated rings. The zero-order valence-electron chi connectivity index (χ0n) is 10.9. The summed E-state index contributed by atoms with van der Waals surface area (Å²) in [4.78, 5) is 4.66. The second-order valence-electron chi connectivity index (χ2n) is 4.55. The van der Waals surface area contributed by atoms with Crippen LogP contribution in [-0.2, 0) is 6.54 Å². The Morgan fingerprint density at radius 3 is 2.65 bits per heavy atom. The molecule has 0 saturated heterocycles. The van der Waals surface area contributed by atoms with Crippen molar-refractivity contribution in [1.29, 1.82) is 0 Å². The smallest absolute Gasteiger partial charge is 0.142 e. The van der Waals surface area contributed by atoms with Crippen LogP contribution in [0, 0.1) is 0 Å². The van der Waals surface area contributed by atoms with Crippen LogP contribution in [0.1, 0.15) is 6.92 Å². The molecule has 0 bridgehead atoms. The van der Waals surface area contributed by atoms with Gasteiger partial charge >= 0.3 is 0 Å². The highest BCUT2D eigenvalue weighted by Gasteiger charge is 2.14. The molecule has 102 valence electrons. The molecule has 0 radical (unpaired) electrons. The third-order valence-electron chi connectivity index (χ3n) is 3.26. The lowest BCUT2D eigenvalue weighted by molar-refractivity contribution is 0.796. The second kappa shape index (κ2) is 5.00. The zero-order chi connectivity index (χ0) is 14.3. The highest BCUT2D eigenvalue weighted by atomic mass is 35.5. The Kier molecular flexibility index (Phi) is 3.32. The van der Waals surface area contributed by atoms with Gasteiger partial charge in [-0.05, 0) is 43.3 Å². The van der Waals surface area contributed by atoms with E-state index in [4.69, 9.17) is 28.9 Å². The highest BCUT2D eigenvalue weighted by molar-refractivity contribution is 6.33. The minimum absolute atomic E-state index is 0.598. The Bertz CT molecular complexity index is 793. The topological polar surface area (TPSA) is 43.8 Å². The van der Waals surface area contributed by atoms with Crippen molar-refractivity contribution in [2.75, 3.05) is 5.73 Å². The van der Waals surface area contributed by atoms with Crippen LogP contribution in [0.15, 0.2) is 36.4 Å². The lowest BCUT2D eigenvalue weighted by Gasteiger charge is -2.08. The number of halogens is 2. The van der Waals surface area contributed by atoms with Gasteiger partial charge in [-0.3, -0.25) is 0 Å². The van der Waals surface area contributed by atoms with E-state index in [-0.39, 0.29) is 0 Å². The fraction of sp³-hybridized carbons (Fsp3) is 0.133. The molecule has 0 aliphatic rings. The highest BCUT2D eigenvalue weighted by Crippen LogP contribution is 2.32. The van der Waals surface area contributed by atoms with E-state index in [0.717, 1.165) is 29.0 Å². The molecule has 0 aliphatic carbocycles. The van der Waals surface area contributed by atoms with Crippen molar-refractivity contribution < 1.29 is 0 Å². The summed E-state index contributed by atoms with van der Waals surface area (Å²) < 4.78 is 2.10. The van der Waals surface area contributed by atoms with Crippen molar-refractivity contribution in [1.82, 2.24) is 9.55 Å². The van der Waals surface area contributed by atoms with Gasteiger partial charge in [0.05, 0.1) is 16.1 Å². The van der Waals surface area contributed by atoms with Crippen LogP contribution in [0.3, 0.4) is 0 Å². The van der Waals surface area contributed by atoms with E-state index in [9.17, 15) is 0 Å². The number of nitrogens with zero attached hydrogens (tertiary/aromatic N) is 2. The lowest BCUT2D eigenvalue weighted by Crippen LogP contribution is -1.98. The molecule has 20 heavy (non-hydrogen) atoms. The van der Waals surface area contributed by atoms with Crippen LogP contribution < -0.4 is 5.73 Å². The predicted molar refractivity (Wildman–Crippen MR) is 85.3 cm³/mol. The number of imidazole rings is 1. The molecular weight excluding hydrogens is 293 g/mol. The second-order valence-corrected chi connectivity index (χ2v) is 5.40. The number of aryl methyl sites for hydroxylation is 1. The average Bonchev–Trinajstić information content (AvgIpc) is 2.76. The summed E-state index contributed by atoms with van der Waals surface area (Å²) in [5, 5.41) is 1.29. The SMILES string of the molecule is CCn1c(-c2ccc(N)cc2Cl)nc2ccc(Cl)cc21. The number of fused-ring (bicyclic) bond motifs is 1. The fourth-order valence-corrected chi connectivity index (χ4v) is 2.77. The largest absolute Gasteiger partial charge is 0.399 e. The van der Waals surface area contributed by atoms with E-state index >= 15 is 0 Å². The van der Waals surface area contributed by atoms with Crippen molar-refractivity contribution in [3.8, 4) is 11.4 Å². The maximum atomic E-state index is 6.29. The number of nitrogen functional groups attached to an aromatic ring is 1. The van der Waals surface area contributed by atoms with Crippen LogP contribution in [0.5, 0.6) is 0 Å². The van der Waals surface area contributed by atoms with Gasteiger partial charge in [0.25, 0.3) is 0 Å². The summed E-state index contributed by atoms with van der Waals surface area (Å²) in [6, 6.07) is 11.1. The first-order chi connectivity index (χ1) is 9.60. The molecule has 0 saturated carbocycles. The monoisotopic (exact) mass is 305 g/mol. The molecule has 0 unspecified atom stereocenters. The molecule has 2 N–H and O–H groups in total. The van der Waals surface area contributed by atoms with Crippen molar-refractivity contribution in [3.05, 3.63) is 46.4 Å². The van der Waals surface area contributed by atoms with Crippen LogP contribution in [-0.4, -0.2) is 9.55 Å². The van der Waals surface area contributed by atoms with E-state index in [0.29, 0.717) is 15.7 Å². The molecule has 5 heteroatoms. The Hall–Kier alpha value is -1.71. The fourth-order valence-electron chi connectivity index (χ4n) is 2.33. The first-order valence-electron chi connectivity index (χ1n) is 6.31. The molecular formula is C15H13Cl2N3. The molecule has 1 aromatic heterocycles. The molecule has 3 rings (SSSR count). The molecule has 0 amide bonds. The summed E-state index contributed by atoms with van der Waals surface area (Å²) in [5.41, 5.74) is 9.16. The van der Waals surface area contributed by atoms with Gasteiger partial charge in [-0.1, -0.05) is 23.2 Å². The van der Waals surface area contributed by atoms with Crippen LogP contribution in [0.25, 0.3) is 22.4 Å². The Morgan fingerprint density at radius 1 is 1.15 bits per heavy atom. The number of hydrogen-bond acceptors (Lipinski definition) is 2. The third-order valence-corrected chi connectivity index (χ3v) is 3.81. The van der Waals surface area contributed by atoms with E-state index in [1.54, 1.807) is 6.07 Å². The molecule has 3 nitrogen and oxygen atoms in total. The summed E-state index contributed by atoms with van der Waals surface area (Å²) >= 11 is 12.4. The molecule has 0 atom stereocenters. The van der Waals surface area contributed by atoms with Crippen molar-refractivity contribution in [2.45, 2.75) is 13.5 Å². The van der Waals surface area contributed by atoms with Crippen molar-refractivity contribution in [3.63, 3.8) is 0 Å². The molecule has 0 aliphatic heterocycles. The summed E-state index contributed by atoms with van der Waals surface area (Å²) in [7, 11) is 0. The van der Waals surface area contributed by atoms with Crippen LogP contribution in [0.4, 0.5) is 5.69 Å². The number of benzene rings is 2. The average molecular weight is 306 g/mol. The number of aromatic nitrogens is 2. The van der Waals surface area contributed by atoms with Gasteiger partial charge in [-0.2, -0.15) is 0 Å². The van der Waals surface area contributed by atoms with E-state index in [1.165, 1.54) is 0 Å². The standard InChI is InChI=1S/C15H13Cl2N3/c1-2-20-14-7-9(16)3-6-13(14)19-15(20)11-5-4-10(18)8-12(11)17/h3-8H,2,18H2,1H3. The Balaban J connectivity index is 2.30. The Morgan fingerprint density at radius 2 is 1.95 bits per heavy atom. The molecule has 2 aromatic carbocycles. The summed E-state index contributed by atoms with van der Waals surface area (Å²) in [6.45, 7) is 2.85. The van der Waals surface area contributed by atoms with E-state index in [2.05, 4.69) is 16.5 Å². The molecule has 0 spiro atoms. The van der Waals surface area contributed by atoms with E-state index < -0.39 is 0 Å². The van der Waals surface area contributed by atoms with Gasteiger partial charge < -0.3 is 10.3 Å². The first-order valence-corrected chi connectivity index (χ1v) is 7.07. The summed E-state index contributed by atoms with van der Waals surface area (Å²) in [5.74, 6) is 0.828. The minimum Gasteiger partial charge on any atom is -0.399 e. The van der Waals surface area contributed by atoms with Crippen molar-refractivity contribution >= 4 is 39.9 Å². The number of anilines is 1. The maximum Gasteiger partial charge on any atom is 0.142 e. The molecule has 3 aromatic rings. The maximum absolute atomic E-state index is 6.29. The zero-order valence-corrected chi connectivity index (χ0v) is 12.4. The normalized spacial score (nSPS) is 11.2. The van der Waals surface area contributed by atoms with Gasteiger partial charge in [0, 0.05) is 22.8 Å². The number of hydrogen-bond donors (Lipinski definition) is 1. The van der Waals surface area contributed by atoms with Crippen LogP contribution >= 0.6 is 23.2 Å². The number of nitrogens with two attached hydrogens (primary N) is 1. The first kappa shape index (κ1) is 13.3. The van der Waals surface area contributed by atoms with Gasteiger partial charge in [-0.15, -0.1) is 0 Å². The third kappa shape index (κ3) is 2.13. The van der Waals surface area contributed by atoms with Gasteiger partial charge in [0.1, 0.15) is 5.82 Å². The predicted octanol–water partition coefficient (Wildman–Crippen LogP) is 4.61. The minimum atomic E-state index is 0.598. The van der Waals surface area contributed by atoms with Crippen molar-refractivity contribution in [2.24, 2.45) is 0 Å². The van der Waals surface area contributed by atoms with Crippen LogP contribution in [0.2, 0.25) is 10.0 Å². The quantitative estimate of drug-likeness (QED) is 0.702. The van der Waals surface area contributed by atoms with E-state index in [1.807, 2.05) is 30.3 Å². The summed E-state index contributed by atoms with van der Waals surface area (Å²) in [6.07, 6.45) is 0. The Labute approximate surface area is 126 Å². The molecule has 1 heterocycles. The lowest BCUT2D eigenvalue weighted by atomic mass is 10.2. The van der Waals surface area contributed by atoms with Gasteiger partial charge in [0.2, 0.25) is 0 Å². The van der Waals surface area contributed by atoms with Gasteiger partial charge in [0.15, 0.2) is 0 Å². The van der Waals surface area contributed by atoms with Gasteiger partial charge in [-0.25, -0.2) is 4.98 Å².